The number of benzene rings is 1. The maximum absolute atomic E-state index is 13.0. The van der Waals surface area contributed by atoms with Crippen LogP contribution in [0.25, 0.3) is 11.5 Å². The Morgan fingerprint density at radius 2 is 1.79 bits per heavy atom. The van der Waals surface area contributed by atoms with Crippen LogP contribution < -0.4 is 4.90 Å². The number of sulfonamides is 1. The third kappa shape index (κ3) is 3.34. The molecule has 0 atom stereocenters. The highest BCUT2D eigenvalue weighted by Crippen LogP contribution is 2.40. The number of anilines is 1. The summed E-state index contributed by atoms with van der Waals surface area (Å²) >= 11 is 1.20. The molecule has 0 unspecified atom stereocenters. The molecule has 146 valence electrons. The van der Waals surface area contributed by atoms with E-state index in [2.05, 4.69) is 27.2 Å². The average molecular weight is 417 g/mol. The summed E-state index contributed by atoms with van der Waals surface area (Å²) in [4.78, 5) is 2.21. The first kappa shape index (κ1) is 17.8. The van der Waals surface area contributed by atoms with E-state index in [0.29, 0.717) is 53.7 Å². The SMILES string of the molecule is O=S(=O)(c1cc(-c2nnc(C3CC3)o2)cs1)N1CCN(c2ccccc2)CC1. The molecule has 3 aromatic rings. The van der Waals surface area contributed by atoms with E-state index in [9.17, 15) is 8.42 Å². The summed E-state index contributed by atoms with van der Waals surface area (Å²) < 4.78 is 33.7. The van der Waals surface area contributed by atoms with Gasteiger partial charge in [-0.1, -0.05) is 18.2 Å². The molecule has 1 saturated carbocycles. The third-order valence-corrected chi connectivity index (χ3v) is 8.46. The third-order valence-electron chi connectivity index (χ3n) is 5.14. The minimum atomic E-state index is -3.52. The van der Waals surface area contributed by atoms with Gasteiger partial charge in [0.1, 0.15) is 4.21 Å². The van der Waals surface area contributed by atoms with E-state index in [4.69, 9.17) is 4.42 Å². The number of nitrogens with zero attached hydrogens (tertiary/aromatic N) is 4. The van der Waals surface area contributed by atoms with Gasteiger partial charge in [0, 0.05) is 43.2 Å². The summed E-state index contributed by atoms with van der Waals surface area (Å²) in [7, 11) is -3.52. The Labute approximate surface area is 167 Å². The Morgan fingerprint density at radius 3 is 2.50 bits per heavy atom. The summed E-state index contributed by atoms with van der Waals surface area (Å²) in [5.41, 5.74) is 1.80. The van der Waals surface area contributed by atoms with E-state index < -0.39 is 10.0 Å². The highest BCUT2D eigenvalue weighted by atomic mass is 32.2. The fourth-order valence-electron chi connectivity index (χ4n) is 3.36. The Hall–Kier alpha value is -2.23. The number of rotatable bonds is 5. The molecular formula is C19H20N4O3S2. The van der Waals surface area contributed by atoms with Crippen LogP contribution in [0.5, 0.6) is 0 Å². The van der Waals surface area contributed by atoms with Crippen molar-refractivity contribution in [1.82, 2.24) is 14.5 Å². The number of para-hydroxylation sites is 1. The zero-order valence-corrected chi connectivity index (χ0v) is 16.8. The molecule has 0 amide bonds. The topological polar surface area (TPSA) is 79.5 Å². The van der Waals surface area contributed by atoms with Crippen LogP contribution in [-0.4, -0.2) is 49.1 Å². The van der Waals surface area contributed by atoms with Gasteiger partial charge in [0.15, 0.2) is 0 Å². The lowest BCUT2D eigenvalue weighted by atomic mass is 10.2. The molecule has 1 saturated heterocycles. The number of hydrogen-bond donors (Lipinski definition) is 0. The van der Waals surface area contributed by atoms with Crippen molar-refractivity contribution in [3.63, 3.8) is 0 Å². The molecule has 3 heterocycles. The molecule has 1 aromatic carbocycles. The van der Waals surface area contributed by atoms with E-state index in [1.165, 1.54) is 11.3 Å². The highest BCUT2D eigenvalue weighted by Gasteiger charge is 2.32. The molecule has 1 aliphatic carbocycles. The van der Waals surface area contributed by atoms with E-state index in [1.54, 1.807) is 15.8 Å². The lowest BCUT2D eigenvalue weighted by Gasteiger charge is -2.35. The Balaban J connectivity index is 1.30. The summed E-state index contributed by atoms with van der Waals surface area (Å²) in [5.74, 6) is 1.43. The van der Waals surface area contributed by atoms with Crippen molar-refractivity contribution in [3.8, 4) is 11.5 Å². The van der Waals surface area contributed by atoms with Crippen LogP contribution in [0.3, 0.4) is 0 Å². The quantitative estimate of drug-likeness (QED) is 0.636. The highest BCUT2D eigenvalue weighted by molar-refractivity contribution is 7.91. The van der Waals surface area contributed by atoms with Gasteiger partial charge in [0.25, 0.3) is 10.0 Å². The van der Waals surface area contributed by atoms with E-state index in [0.717, 1.165) is 18.5 Å². The maximum Gasteiger partial charge on any atom is 0.252 e. The second-order valence-corrected chi connectivity index (χ2v) is 10.2. The molecule has 1 aliphatic heterocycles. The molecule has 9 heteroatoms. The van der Waals surface area contributed by atoms with Crippen molar-refractivity contribution < 1.29 is 12.8 Å². The van der Waals surface area contributed by atoms with Crippen LogP contribution in [-0.2, 0) is 10.0 Å². The first-order chi connectivity index (χ1) is 13.6. The van der Waals surface area contributed by atoms with E-state index in [1.807, 2.05) is 18.2 Å². The normalized spacial score (nSPS) is 18.5. The van der Waals surface area contributed by atoms with Gasteiger partial charge in [-0.3, -0.25) is 0 Å². The minimum Gasteiger partial charge on any atom is -0.420 e. The van der Waals surface area contributed by atoms with Gasteiger partial charge in [-0.15, -0.1) is 21.5 Å². The van der Waals surface area contributed by atoms with Crippen LogP contribution in [0, 0.1) is 0 Å². The van der Waals surface area contributed by atoms with Gasteiger partial charge in [0.05, 0.1) is 5.56 Å². The molecule has 2 aromatic heterocycles. The van der Waals surface area contributed by atoms with Gasteiger partial charge < -0.3 is 9.32 Å². The van der Waals surface area contributed by atoms with Crippen molar-refractivity contribution in [2.24, 2.45) is 0 Å². The van der Waals surface area contributed by atoms with E-state index in [-0.39, 0.29) is 0 Å². The van der Waals surface area contributed by atoms with Gasteiger partial charge in [-0.2, -0.15) is 4.31 Å². The summed E-state index contributed by atoms with van der Waals surface area (Å²) in [6.45, 7) is 2.29. The molecular weight excluding hydrogens is 396 g/mol. The largest absolute Gasteiger partial charge is 0.420 e. The summed E-state index contributed by atoms with van der Waals surface area (Å²) in [6.07, 6.45) is 2.17. The molecule has 0 N–H and O–H groups in total. The molecule has 0 radical (unpaired) electrons. The Bertz CT molecular complexity index is 1070. The van der Waals surface area contributed by atoms with Crippen molar-refractivity contribution >= 4 is 27.0 Å². The average Bonchev–Trinajstić information content (AvgIpc) is 3.25. The van der Waals surface area contributed by atoms with E-state index >= 15 is 0 Å². The van der Waals surface area contributed by atoms with Crippen LogP contribution >= 0.6 is 11.3 Å². The lowest BCUT2D eigenvalue weighted by molar-refractivity contribution is 0.386. The molecule has 5 rings (SSSR count). The summed E-state index contributed by atoms with van der Waals surface area (Å²) in [6, 6.07) is 11.7. The van der Waals surface area contributed by atoms with Crippen molar-refractivity contribution in [3.05, 3.63) is 47.7 Å². The van der Waals surface area contributed by atoms with Crippen molar-refractivity contribution in [1.29, 1.82) is 0 Å². The minimum absolute atomic E-state index is 0.321. The van der Waals surface area contributed by atoms with Gasteiger partial charge in [0.2, 0.25) is 11.8 Å². The summed E-state index contributed by atoms with van der Waals surface area (Å²) in [5, 5.41) is 9.92. The fraction of sp³-hybridized carbons (Fsp3) is 0.368. The number of thiophene rings is 1. The van der Waals surface area contributed by atoms with Crippen molar-refractivity contribution in [2.45, 2.75) is 23.0 Å². The fourth-order valence-corrected chi connectivity index (χ4v) is 6.09. The Morgan fingerprint density at radius 1 is 1.04 bits per heavy atom. The molecule has 7 nitrogen and oxygen atoms in total. The zero-order chi connectivity index (χ0) is 19.1. The molecule has 2 fully saturated rings. The number of aromatic nitrogens is 2. The number of piperazine rings is 1. The molecule has 0 spiro atoms. The van der Waals surface area contributed by atoms with Crippen LogP contribution in [0.15, 0.2) is 50.4 Å². The Kier molecular flexibility index (Phi) is 4.45. The maximum atomic E-state index is 13.0. The first-order valence-electron chi connectivity index (χ1n) is 9.34. The number of hydrogen-bond acceptors (Lipinski definition) is 7. The molecule has 28 heavy (non-hydrogen) atoms. The van der Waals surface area contributed by atoms with Crippen LogP contribution in [0.4, 0.5) is 5.69 Å². The van der Waals surface area contributed by atoms with Crippen LogP contribution in [0.1, 0.15) is 24.7 Å². The second-order valence-electron chi connectivity index (χ2n) is 7.10. The predicted molar refractivity (Wildman–Crippen MR) is 107 cm³/mol. The second kappa shape index (κ2) is 6.98. The van der Waals surface area contributed by atoms with Crippen molar-refractivity contribution in [2.75, 3.05) is 31.1 Å². The van der Waals surface area contributed by atoms with Crippen LogP contribution in [0.2, 0.25) is 0 Å². The van der Waals surface area contributed by atoms with Gasteiger partial charge >= 0.3 is 0 Å². The standard InChI is InChI=1S/C19H20N4O3S2/c24-28(25,23-10-8-22(9-11-23)16-4-2-1-3-5-16)17-12-15(13-27-17)19-21-20-18(26-19)14-6-7-14/h1-5,12-14H,6-11H2. The lowest BCUT2D eigenvalue weighted by Crippen LogP contribution is -2.48. The first-order valence-corrected chi connectivity index (χ1v) is 11.7. The van der Waals surface area contributed by atoms with Gasteiger partial charge in [-0.25, -0.2) is 8.42 Å². The predicted octanol–water partition coefficient (Wildman–Crippen LogP) is 3.19. The molecule has 0 bridgehead atoms. The smallest absolute Gasteiger partial charge is 0.252 e. The monoisotopic (exact) mass is 416 g/mol. The molecule has 2 aliphatic rings. The zero-order valence-electron chi connectivity index (χ0n) is 15.2. The van der Waals surface area contributed by atoms with Gasteiger partial charge in [-0.05, 0) is 31.0 Å².